The van der Waals surface area contributed by atoms with Crippen molar-refractivity contribution >= 4 is 11.8 Å². The minimum absolute atomic E-state index is 0.262. The van der Waals surface area contributed by atoms with Crippen molar-refractivity contribution in [2.45, 2.75) is 12.8 Å². The third-order valence-corrected chi connectivity index (χ3v) is 3.79. The molecule has 126 valence electrons. The van der Waals surface area contributed by atoms with Gasteiger partial charge in [0, 0.05) is 36.0 Å². The van der Waals surface area contributed by atoms with Crippen LogP contribution in [0, 0.1) is 0 Å². The molecule has 0 atom stereocenters. The normalized spacial score (nSPS) is 10.4. The van der Waals surface area contributed by atoms with Crippen LogP contribution in [0.15, 0.2) is 49.3 Å². The first kappa shape index (κ1) is 16.5. The van der Waals surface area contributed by atoms with Gasteiger partial charge in [-0.1, -0.05) is 18.2 Å². The molecule has 0 aliphatic heterocycles. The first-order chi connectivity index (χ1) is 12.2. The van der Waals surface area contributed by atoms with Crippen LogP contribution >= 0.6 is 0 Å². The maximum Gasteiger partial charge on any atom is 0.305 e. The summed E-state index contributed by atoms with van der Waals surface area (Å²) < 4.78 is 4.75. The number of nitrogen functional groups attached to an aromatic ring is 1. The summed E-state index contributed by atoms with van der Waals surface area (Å²) >= 11 is 0. The van der Waals surface area contributed by atoms with E-state index in [1.54, 1.807) is 18.5 Å². The molecule has 0 spiro atoms. The molecule has 0 radical (unpaired) electrons. The van der Waals surface area contributed by atoms with Gasteiger partial charge in [-0.3, -0.25) is 4.79 Å². The monoisotopic (exact) mass is 335 g/mol. The maximum atomic E-state index is 11.6. The van der Waals surface area contributed by atoms with Gasteiger partial charge in [0.2, 0.25) is 0 Å². The van der Waals surface area contributed by atoms with Gasteiger partial charge >= 0.3 is 5.97 Å². The Labute approximate surface area is 144 Å². The Bertz CT molecular complexity index is 884. The molecule has 0 fully saturated rings. The van der Waals surface area contributed by atoms with Gasteiger partial charge in [-0.15, -0.1) is 0 Å². The van der Waals surface area contributed by atoms with Crippen molar-refractivity contribution in [3.8, 4) is 22.4 Å². The highest BCUT2D eigenvalue weighted by Crippen LogP contribution is 2.29. The second kappa shape index (κ2) is 7.48. The maximum absolute atomic E-state index is 11.6. The summed E-state index contributed by atoms with van der Waals surface area (Å²) in [6, 6.07) is 7.64. The van der Waals surface area contributed by atoms with Gasteiger partial charge in [-0.25, -0.2) is 19.9 Å². The summed E-state index contributed by atoms with van der Waals surface area (Å²) in [5.74, 6) is 0.131. The Morgan fingerprint density at radius 2 is 1.88 bits per heavy atom. The number of anilines is 1. The van der Waals surface area contributed by atoms with Crippen LogP contribution in [0.25, 0.3) is 22.4 Å². The minimum atomic E-state index is -0.262. The molecule has 7 nitrogen and oxygen atoms in total. The zero-order valence-electron chi connectivity index (χ0n) is 13.7. The number of nitrogens with zero attached hydrogens (tertiary/aromatic N) is 4. The average Bonchev–Trinajstić information content (AvgIpc) is 2.66. The molecule has 7 heteroatoms. The smallest absolute Gasteiger partial charge is 0.305 e. The molecule has 1 aromatic carbocycles. The Morgan fingerprint density at radius 3 is 2.60 bits per heavy atom. The molecule has 2 N–H and O–H groups in total. The third kappa shape index (κ3) is 3.95. The van der Waals surface area contributed by atoms with Crippen LogP contribution in [0.4, 0.5) is 5.82 Å². The molecule has 0 amide bonds. The predicted octanol–water partition coefficient (Wildman–Crippen LogP) is 2.29. The fraction of sp³-hybridized carbons (Fsp3) is 0.167. The number of ether oxygens (including phenoxy) is 1. The molecule has 0 unspecified atom stereocenters. The van der Waals surface area contributed by atoms with Crippen LogP contribution in [0.5, 0.6) is 0 Å². The lowest BCUT2D eigenvalue weighted by molar-refractivity contribution is -0.140. The summed E-state index contributed by atoms with van der Waals surface area (Å²) in [7, 11) is 1.38. The average molecular weight is 335 g/mol. The molecular weight excluding hydrogens is 318 g/mol. The summed E-state index contributed by atoms with van der Waals surface area (Å²) in [5.41, 5.74) is 10.2. The lowest BCUT2D eigenvalue weighted by atomic mass is 9.95. The van der Waals surface area contributed by atoms with E-state index in [0.29, 0.717) is 17.9 Å². The molecule has 3 rings (SSSR count). The quantitative estimate of drug-likeness (QED) is 0.713. The van der Waals surface area contributed by atoms with Gasteiger partial charge in [0.15, 0.2) is 0 Å². The molecule has 0 aliphatic carbocycles. The molecule has 2 aromatic heterocycles. The number of esters is 1. The van der Waals surface area contributed by atoms with Crippen molar-refractivity contribution < 1.29 is 9.53 Å². The summed E-state index contributed by atoms with van der Waals surface area (Å²) in [6.45, 7) is 0. The predicted molar refractivity (Wildman–Crippen MR) is 93.2 cm³/mol. The van der Waals surface area contributed by atoms with Crippen LogP contribution in [0.1, 0.15) is 12.0 Å². The zero-order chi connectivity index (χ0) is 17.6. The molecule has 0 saturated heterocycles. The number of nitrogens with two attached hydrogens (primary N) is 1. The zero-order valence-corrected chi connectivity index (χ0v) is 13.7. The van der Waals surface area contributed by atoms with E-state index in [2.05, 4.69) is 19.9 Å². The summed E-state index contributed by atoms with van der Waals surface area (Å²) in [5, 5.41) is 0. The van der Waals surface area contributed by atoms with Gasteiger partial charge in [-0.05, 0) is 17.5 Å². The number of rotatable bonds is 5. The van der Waals surface area contributed by atoms with Gasteiger partial charge in [0.25, 0.3) is 0 Å². The van der Waals surface area contributed by atoms with Crippen molar-refractivity contribution in [2.24, 2.45) is 0 Å². The van der Waals surface area contributed by atoms with Gasteiger partial charge in [0.1, 0.15) is 18.5 Å². The van der Waals surface area contributed by atoms with E-state index in [1.165, 1.54) is 19.8 Å². The topological polar surface area (TPSA) is 104 Å². The highest BCUT2D eigenvalue weighted by molar-refractivity contribution is 5.74. The van der Waals surface area contributed by atoms with E-state index in [4.69, 9.17) is 10.5 Å². The van der Waals surface area contributed by atoms with Gasteiger partial charge < -0.3 is 10.5 Å². The SMILES string of the molecule is COC(=O)CCc1cc(-c2cncnc2)ccc1-c1cc(N)ncn1. The third-order valence-electron chi connectivity index (χ3n) is 3.79. The molecule has 0 aliphatic rings. The number of carbonyl (C=O) groups is 1. The molecule has 0 saturated carbocycles. The number of aryl methyl sites for hydroxylation is 1. The Hall–Kier alpha value is -3.35. The first-order valence-electron chi connectivity index (χ1n) is 7.70. The lowest BCUT2D eigenvalue weighted by Crippen LogP contribution is -2.03. The highest BCUT2D eigenvalue weighted by atomic mass is 16.5. The van der Waals surface area contributed by atoms with Crippen molar-refractivity contribution in [1.29, 1.82) is 0 Å². The van der Waals surface area contributed by atoms with E-state index < -0.39 is 0 Å². The van der Waals surface area contributed by atoms with Crippen molar-refractivity contribution in [1.82, 2.24) is 19.9 Å². The van der Waals surface area contributed by atoms with Crippen LogP contribution in [-0.4, -0.2) is 33.0 Å². The lowest BCUT2D eigenvalue weighted by Gasteiger charge is -2.12. The minimum Gasteiger partial charge on any atom is -0.469 e. The number of hydrogen-bond donors (Lipinski definition) is 1. The van der Waals surface area contributed by atoms with Crippen molar-refractivity contribution in [3.05, 3.63) is 54.9 Å². The second-order valence-corrected chi connectivity index (χ2v) is 5.40. The Kier molecular flexibility index (Phi) is 4.94. The fourth-order valence-corrected chi connectivity index (χ4v) is 2.54. The van der Waals surface area contributed by atoms with Crippen LogP contribution in [0.3, 0.4) is 0 Å². The van der Waals surface area contributed by atoms with Crippen LogP contribution < -0.4 is 5.73 Å². The molecular formula is C18H17N5O2. The van der Waals surface area contributed by atoms with E-state index in [9.17, 15) is 4.79 Å². The summed E-state index contributed by atoms with van der Waals surface area (Å²) in [4.78, 5) is 27.9. The number of methoxy groups -OCH3 is 1. The molecule has 25 heavy (non-hydrogen) atoms. The first-order valence-corrected chi connectivity index (χ1v) is 7.70. The van der Waals surface area contributed by atoms with Crippen LogP contribution in [-0.2, 0) is 16.0 Å². The Balaban J connectivity index is 2.03. The summed E-state index contributed by atoms with van der Waals surface area (Å²) in [6.07, 6.45) is 7.20. The second-order valence-electron chi connectivity index (χ2n) is 5.40. The molecule has 3 aromatic rings. The number of aromatic nitrogens is 4. The van der Waals surface area contributed by atoms with Gasteiger partial charge in [0.05, 0.1) is 12.8 Å². The van der Waals surface area contributed by atoms with E-state index in [-0.39, 0.29) is 12.4 Å². The number of carbonyl (C=O) groups excluding carboxylic acids is 1. The van der Waals surface area contributed by atoms with Crippen LogP contribution in [0.2, 0.25) is 0 Å². The van der Waals surface area contributed by atoms with Crippen molar-refractivity contribution in [2.75, 3.05) is 12.8 Å². The van der Waals surface area contributed by atoms with E-state index >= 15 is 0 Å². The number of hydrogen-bond acceptors (Lipinski definition) is 7. The van der Waals surface area contributed by atoms with Gasteiger partial charge in [-0.2, -0.15) is 0 Å². The van der Waals surface area contributed by atoms with E-state index in [1.807, 2.05) is 18.2 Å². The largest absolute Gasteiger partial charge is 0.469 e. The molecule has 0 bridgehead atoms. The standard InChI is InChI=1S/C18H17N5O2/c1-25-18(24)5-3-13-6-12(14-8-20-10-21-9-14)2-4-15(13)16-7-17(19)23-11-22-16/h2,4,6-11H,3,5H2,1H3,(H2,19,22,23). The van der Waals surface area contributed by atoms with E-state index in [0.717, 1.165) is 22.3 Å². The molecule has 2 heterocycles. The fourth-order valence-electron chi connectivity index (χ4n) is 2.54. The number of benzene rings is 1. The highest BCUT2D eigenvalue weighted by Gasteiger charge is 2.12. The Morgan fingerprint density at radius 1 is 1.08 bits per heavy atom. The van der Waals surface area contributed by atoms with Crippen molar-refractivity contribution in [3.63, 3.8) is 0 Å².